The lowest BCUT2D eigenvalue weighted by atomic mass is 10.2. The van der Waals surface area contributed by atoms with Crippen LogP contribution in [-0.2, 0) is 26.2 Å². The summed E-state index contributed by atoms with van der Waals surface area (Å²) in [5, 5.41) is 20.1. The van der Waals surface area contributed by atoms with Crippen molar-refractivity contribution in [3.05, 3.63) is 178 Å². The van der Waals surface area contributed by atoms with Gasteiger partial charge in [0, 0.05) is 56.1 Å². The summed E-state index contributed by atoms with van der Waals surface area (Å²) < 4.78 is 38.2. The number of rotatable bonds is 11. The van der Waals surface area contributed by atoms with Crippen LogP contribution >= 0.6 is 23.2 Å². The van der Waals surface area contributed by atoms with E-state index in [1.165, 1.54) is 84.6 Å². The van der Waals surface area contributed by atoms with E-state index < -0.39 is 17.6 Å². The number of nitrogens with zero attached hydrogens (tertiary/aromatic N) is 12. The van der Waals surface area contributed by atoms with E-state index in [4.69, 9.17) is 34.0 Å². The van der Waals surface area contributed by atoms with Crippen molar-refractivity contribution in [3.8, 4) is 0 Å². The molecule has 0 aliphatic heterocycles. The molecule has 0 radical (unpaired) electrons. The van der Waals surface area contributed by atoms with Crippen LogP contribution in [0.4, 0.5) is 8.78 Å². The lowest BCUT2D eigenvalue weighted by Gasteiger charge is -2.03. The highest BCUT2D eigenvalue weighted by molar-refractivity contribution is 6.31. The maximum Gasteiger partial charge on any atom is 0.338 e. The molecule has 340 valence electrons. The monoisotopic (exact) mass is 944 g/mol. The molecule has 0 bridgehead atoms. The van der Waals surface area contributed by atoms with Crippen molar-refractivity contribution in [2.24, 2.45) is 5.73 Å². The molecule has 10 aromatic rings. The van der Waals surface area contributed by atoms with Gasteiger partial charge in [-0.15, -0.1) is 0 Å². The first kappa shape index (κ1) is 43.4. The zero-order valence-corrected chi connectivity index (χ0v) is 36.9. The third-order valence-corrected chi connectivity index (χ3v) is 12.1. The smallest absolute Gasteiger partial charge is 0.338 e. The van der Waals surface area contributed by atoms with Crippen LogP contribution in [-0.4, -0.2) is 74.1 Å². The number of fused-ring (bicyclic) bond motifs is 4. The van der Waals surface area contributed by atoms with Crippen LogP contribution < -0.4 is 11.1 Å². The highest BCUT2D eigenvalue weighted by Gasteiger charge is 2.25. The number of carbonyl (C=O) groups excluding carboxylic acids is 1. The Bertz CT molecular complexity index is 3470. The van der Waals surface area contributed by atoms with E-state index in [-0.39, 0.29) is 40.1 Å². The third kappa shape index (κ3) is 9.33. The van der Waals surface area contributed by atoms with Gasteiger partial charge in [-0.2, -0.15) is 10.2 Å². The van der Waals surface area contributed by atoms with Gasteiger partial charge in [0.1, 0.15) is 22.3 Å². The summed E-state index contributed by atoms with van der Waals surface area (Å²) >= 11 is 11.5. The first-order valence-electron chi connectivity index (χ1n) is 21.3. The molecule has 2 aliphatic carbocycles. The average Bonchev–Trinajstić information content (AvgIpc) is 3.90. The molecule has 4 N–H and O–H groups in total. The van der Waals surface area contributed by atoms with Crippen LogP contribution in [0.25, 0.3) is 22.3 Å². The average molecular weight is 946 g/mol. The van der Waals surface area contributed by atoms with Crippen LogP contribution in [0.1, 0.15) is 92.1 Å². The standard InChI is InChI=1S/C23H19ClFN7O.C15H14N4O2.C8H7ClFN3/c24-18-5-6-30-13-27-19(22(30)21(18)25)8-26-23(33)16-7-28-32(10-16)12-17-11-31-9-15(14-1-2-14)3-4-20(31)29-17;20-15(21)12-5-16-19(7-12)9-13-8-18-6-11(10-1-2-10)3-4-14(18)17-13;9-5-1-2-13-4-12-6(3-11)8(13)7(5)10/h3-7,9-11,13-14H,1-2,8,12H2,(H,26,33);3-8,10H,1-2,9H2,(H,20,21);1-2,4H,3,11H2. The number of carbonyl (C=O) groups is 2. The van der Waals surface area contributed by atoms with Crippen molar-refractivity contribution in [1.29, 1.82) is 0 Å². The Morgan fingerprint density at radius 1 is 0.672 bits per heavy atom. The SMILES string of the molecule is NCc1ncn2ccc(Cl)c(F)c12.O=C(NCc1ncn2ccc(Cl)c(F)c12)c1cnn(Cc2cn3cc(C4CC4)ccc3n2)c1.O=C(O)c1cnn(Cc2cn3cc(C4CC4)ccc3n2)c1. The van der Waals surface area contributed by atoms with E-state index in [1.807, 2.05) is 33.3 Å². The van der Waals surface area contributed by atoms with Crippen molar-refractivity contribution in [3.63, 3.8) is 0 Å². The molecule has 2 aliphatic rings. The zero-order chi connectivity index (χ0) is 46.3. The van der Waals surface area contributed by atoms with Crippen molar-refractivity contribution >= 4 is 57.4 Å². The fourth-order valence-corrected chi connectivity index (χ4v) is 8.06. The minimum Gasteiger partial charge on any atom is -0.478 e. The predicted molar refractivity (Wildman–Crippen MR) is 243 cm³/mol. The Morgan fingerprint density at radius 2 is 1.16 bits per heavy atom. The summed E-state index contributed by atoms with van der Waals surface area (Å²) in [5.41, 5.74) is 13.7. The van der Waals surface area contributed by atoms with Gasteiger partial charge in [-0.05, 0) is 72.9 Å². The second kappa shape index (κ2) is 18.1. The Hall–Kier alpha value is -7.48. The third-order valence-electron chi connectivity index (χ3n) is 11.5. The number of nitrogens with two attached hydrogens (primary N) is 1. The van der Waals surface area contributed by atoms with Gasteiger partial charge in [-0.1, -0.05) is 35.3 Å². The molecule has 21 heteroatoms. The Kier molecular flexibility index (Phi) is 11.7. The molecule has 0 spiro atoms. The topological polar surface area (TPSA) is 197 Å². The molecule has 2 fully saturated rings. The van der Waals surface area contributed by atoms with Gasteiger partial charge in [0.2, 0.25) is 0 Å². The largest absolute Gasteiger partial charge is 0.478 e. The Morgan fingerprint density at radius 3 is 1.66 bits per heavy atom. The van der Waals surface area contributed by atoms with E-state index in [9.17, 15) is 18.4 Å². The molecule has 1 amide bonds. The van der Waals surface area contributed by atoms with Crippen LogP contribution in [0.3, 0.4) is 0 Å². The van der Waals surface area contributed by atoms with Gasteiger partial charge in [0.15, 0.2) is 11.6 Å². The number of pyridine rings is 4. The summed E-state index contributed by atoms with van der Waals surface area (Å²) in [5.74, 6) is -0.933. The number of nitrogens with one attached hydrogen (secondary N) is 1. The van der Waals surface area contributed by atoms with Crippen molar-refractivity contribution in [2.75, 3.05) is 0 Å². The number of amides is 1. The molecule has 0 atom stereocenters. The molecular formula is C46H40Cl2F2N14O3. The molecule has 10 aromatic heterocycles. The first-order valence-corrected chi connectivity index (χ1v) is 22.0. The van der Waals surface area contributed by atoms with Gasteiger partial charge in [-0.25, -0.2) is 33.5 Å². The normalized spacial score (nSPS) is 13.5. The Labute approximate surface area is 389 Å². The van der Waals surface area contributed by atoms with E-state index in [1.54, 1.807) is 32.4 Å². The number of hydrogen-bond donors (Lipinski definition) is 3. The van der Waals surface area contributed by atoms with Gasteiger partial charge >= 0.3 is 5.97 Å². The molecule has 0 aromatic carbocycles. The molecule has 0 saturated heterocycles. The summed E-state index contributed by atoms with van der Waals surface area (Å²) in [6.07, 6.45) is 25.6. The van der Waals surface area contributed by atoms with Gasteiger partial charge in [-0.3, -0.25) is 14.2 Å². The lowest BCUT2D eigenvalue weighted by Crippen LogP contribution is -2.22. The molecule has 12 rings (SSSR count). The highest BCUT2D eigenvalue weighted by Crippen LogP contribution is 2.40. The van der Waals surface area contributed by atoms with Gasteiger partial charge in [0.25, 0.3) is 5.91 Å². The second-order valence-electron chi connectivity index (χ2n) is 16.4. The fraction of sp³-hybridized carbons (Fsp3) is 0.217. The van der Waals surface area contributed by atoms with Crippen LogP contribution in [0, 0.1) is 11.6 Å². The summed E-state index contributed by atoms with van der Waals surface area (Å²) in [6, 6.07) is 11.3. The number of carboxylic acid groups (broad SMARTS) is 1. The minimum atomic E-state index is -0.967. The van der Waals surface area contributed by atoms with Crippen LogP contribution in [0.15, 0.2) is 111 Å². The lowest BCUT2D eigenvalue weighted by molar-refractivity contribution is 0.0696. The van der Waals surface area contributed by atoms with Crippen LogP contribution in [0.5, 0.6) is 0 Å². The summed E-state index contributed by atoms with van der Waals surface area (Å²) in [4.78, 5) is 40.8. The van der Waals surface area contributed by atoms with E-state index in [0.29, 0.717) is 47.4 Å². The maximum absolute atomic E-state index is 14.4. The molecule has 0 unspecified atom stereocenters. The van der Waals surface area contributed by atoms with Gasteiger partial charge in [0.05, 0.1) is 88.6 Å². The number of aromatic nitrogens is 12. The van der Waals surface area contributed by atoms with E-state index >= 15 is 0 Å². The van der Waals surface area contributed by atoms with Crippen molar-refractivity contribution in [2.45, 2.75) is 63.7 Å². The quantitative estimate of drug-likeness (QED) is 0.116. The molecule has 10 heterocycles. The number of imidazole rings is 4. The number of hydrogen-bond acceptors (Lipinski definition) is 9. The van der Waals surface area contributed by atoms with Crippen LogP contribution in [0.2, 0.25) is 10.0 Å². The van der Waals surface area contributed by atoms with Gasteiger partial charge < -0.3 is 33.8 Å². The number of aromatic carboxylic acids is 1. The summed E-state index contributed by atoms with van der Waals surface area (Å²) in [7, 11) is 0. The summed E-state index contributed by atoms with van der Waals surface area (Å²) in [6.45, 7) is 1.18. The zero-order valence-electron chi connectivity index (χ0n) is 35.4. The number of carboxylic acids is 1. The molecule has 67 heavy (non-hydrogen) atoms. The first-order chi connectivity index (χ1) is 32.5. The van der Waals surface area contributed by atoms with Crippen molar-refractivity contribution < 1.29 is 23.5 Å². The Balaban J connectivity index is 0.000000131. The molecular weight excluding hydrogens is 906 g/mol. The highest BCUT2D eigenvalue weighted by atomic mass is 35.5. The van der Waals surface area contributed by atoms with E-state index in [0.717, 1.165) is 22.7 Å². The second-order valence-corrected chi connectivity index (χ2v) is 17.2. The minimum absolute atomic E-state index is 0.00700. The van der Waals surface area contributed by atoms with Crippen molar-refractivity contribution in [1.82, 2.24) is 62.4 Å². The number of halogens is 4. The fourth-order valence-electron chi connectivity index (χ4n) is 7.77. The maximum atomic E-state index is 14.4. The molecule has 2 saturated carbocycles. The predicted octanol–water partition coefficient (Wildman–Crippen LogP) is 7.57. The molecule has 17 nitrogen and oxygen atoms in total. The van der Waals surface area contributed by atoms with E-state index in [2.05, 4.69) is 60.0 Å².